The Hall–Kier alpha value is -2.20. The normalized spacial score (nSPS) is 17.8. The Morgan fingerprint density at radius 1 is 1.09 bits per heavy atom. The lowest BCUT2D eigenvalue weighted by molar-refractivity contribution is 0.267. The number of phenols is 2. The van der Waals surface area contributed by atoms with Gasteiger partial charge in [-0.05, 0) is 55.1 Å². The van der Waals surface area contributed by atoms with E-state index in [1.165, 1.54) is 19.3 Å². The van der Waals surface area contributed by atoms with Gasteiger partial charge >= 0.3 is 0 Å². The van der Waals surface area contributed by atoms with Crippen LogP contribution in [0.2, 0.25) is 0 Å². The third-order valence-electron chi connectivity index (χ3n) is 4.14. The first-order valence-corrected chi connectivity index (χ1v) is 8.12. The largest absolute Gasteiger partial charge is 0.508 e. The Kier molecular flexibility index (Phi) is 5.03. The monoisotopic (exact) mass is 312 g/mol. The van der Waals surface area contributed by atoms with Crippen molar-refractivity contribution in [3.63, 3.8) is 0 Å². The Morgan fingerprint density at radius 2 is 1.91 bits per heavy atom. The highest BCUT2D eigenvalue weighted by Crippen LogP contribution is 2.29. The molecule has 2 aromatic rings. The molecule has 0 amide bonds. The van der Waals surface area contributed by atoms with E-state index in [-0.39, 0.29) is 11.5 Å². The molecule has 1 heterocycles. The summed E-state index contributed by atoms with van der Waals surface area (Å²) in [5, 5.41) is 22.8. The van der Waals surface area contributed by atoms with Gasteiger partial charge in [0.15, 0.2) is 0 Å². The molecule has 3 N–H and O–H groups in total. The number of rotatable bonds is 5. The van der Waals surface area contributed by atoms with Gasteiger partial charge in [-0.25, -0.2) is 0 Å². The second-order valence-electron chi connectivity index (χ2n) is 5.95. The van der Waals surface area contributed by atoms with Crippen molar-refractivity contribution < 1.29 is 14.9 Å². The molecule has 1 atom stereocenters. The van der Waals surface area contributed by atoms with Crippen molar-refractivity contribution in [2.24, 2.45) is 0 Å². The number of hydrogen-bond acceptors (Lipinski definition) is 4. The van der Waals surface area contributed by atoms with E-state index >= 15 is 0 Å². The molecule has 0 saturated carbocycles. The minimum Gasteiger partial charge on any atom is -0.508 e. The van der Waals surface area contributed by atoms with E-state index in [2.05, 4.69) is 11.4 Å². The van der Waals surface area contributed by atoms with E-state index in [0.717, 1.165) is 24.1 Å². The second-order valence-corrected chi connectivity index (χ2v) is 5.95. The Bertz CT molecular complexity index is 634. The van der Waals surface area contributed by atoms with Gasteiger partial charge in [0.25, 0.3) is 0 Å². The maximum Gasteiger partial charge on any atom is 0.131 e. The molecule has 1 radical (unpaired) electrons. The predicted octanol–water partition coefficient (Wildman–Crippen LogP) is 3.48. The fraction of sp³-hybridized carbons (Fsp3) is 0.368. The summed E-state index contributed by atoms with van der Waals surface area (Å²) < 4.78 is 5.77. The molecule has 1 aliphatic rings. The summed E-state index contributed by atoms with van der Waals surface area (Å²) in [6, 6.07) is 13.7. The average Bonchev–Trinajstić information content (AvgIpc) is 2.56. The number of nitrogens with one attached hydrogen (secondary N) is 1. The lowest BCUT2D eigenvalue weighted by Gasteiger charge is -2.23. The van der Waals surface area contributed by atoms with Gasteiger partial charge in [-0.3, -0.25) is 0 Å². The van der Waals surface area contributed by atoms with Crippen LogP contribution in [0.1, 0.15) is 25.7 Å². The Balaban J connectivity index is 1.64. The first kappa shape index (κ1) is 15.7. The first-order chi connectivity index (χ1) is 11.2. The molecule has 2 aromatic carbocycles. The number of hydrogen-bond donors (Lipinski definition) is 3. The number of aromatic hydroxyl groups is 2. The topological polar surface area (TPSA) is 61.7 Å². The van der Waals surface area contributed by atoms with Crippen LogP contribution >= 0.6 is 0 Å². The van der Waals surface area contributed by atoms with Crippen LogP contribution in [0, 0.1) is 6.07 Å². The van der Waals surface area contributed by atoms with Crippen molar-refractivity contribution in [3.05, 3.63) is 42.5 Å². The van der Waals surface area contributed by atoms with Gasteiger partial charge in [0.1, 0.15) is 17.2 Å². The molecular formula is C19H22NO3. The maximum atomic E-state index is 9.90. The molecule has 1 unspecified atom stereocenters. The molecule has 0 aromatic heterocycles. The van der Waals surface area contributed by atoms with Crippen molar-refractivity contribution in [2.45, 2.75) is 31.7 Å². The van der Waals surface area contributed by atoms with E-state index in [1.807, 2.05) is 0 Å². The zero-order valence-corrected chi connectivity index (χ0v) is 13.1. The van der Waals surface area contributed by atoms with Crippen molar-refractivity contribution in [1.82, 2.24) is 5.32 Å². The number of piperidine rings is 1. The van der Waals surface area contributed by atoms with Gasteiger partial charge < -0.3 is 20.3 Å². The maximum absolute atomic E-state index is 9.90. The number of ether oxygens (including phenoxy) is 1. The fourth-order valence-corrected chi connectivity index (χ4v) is 2.88. The smallest absolute Gasteiger partial charge is 0.131 e. The molecule has 4 nitrogen and oxygen atoms in total. The highest BCUT2D eigenvalue weighted by Gasteiger charge is 2.12. The molecule has 0 spiro atoms. The zero-order valence-electron chi connectivity index (χ0n) is 13.1. The second kappa shape index (κ2) is 7.38. The third-order valence-corrected chi connectivity index (χ3v) is 4.14. The molecule has 1 saturated heterocycles. The zero-order chi connectivity index (χ0) is 16.1. The molecule has 3 rings (SSSR count). The molecule has 1 aliphatic heterocycles. The van der Waals surface area contributed by atoms with Gasteiger partial charge in [0, 0.05) is 18.2 Å². The predicted molar refractivity (Wildman–Crippen MR) is 89.8 cm³/mol. The van der Waals surface area contributed by atoms with Crippen LogP contribution in [0.15, 0.2) is 36.4 Å². The summed E-state index contributed by atoms with van der Waals surface area (Å²) in [7, 11) is 0. The summed E-state index contributed by atoms with van der Waals surface area (Å²) in [4.78, 5) is 0. The minimum absolute atomic E-state index is 0.151. The molecule has 1 fully saturated rings. The van der Waals surface area contributed by atoms with Crippen molar-refractivity contribution in [3.8, 4) is 28.4 Å². The van der Waals surface area contributed by atoms with E-state index in [1.54, 1.807) is 36.4 Å². The molecule has 4 heteroatoms. The third kappa shape index (κ3) is 4.39. The van der Waals surface area contributed by atoms with Crippen LogP contribution in [0.4, 0.5) is 0 Å². The molecule has 0 bridgehead atoms. The quantitative estimate of drug-likeness (QED) is 0.791. The van der Waals surface area contributed by atoms with Crippen LogP contribution in [-0.2, 0) is 0 Å². The fourth-order valence-electron chi connectivity index (χ4n) is 2.88. The average molecular weight is 312 g/mol. The highest BCUT2D eigenvalue weighted by molar-refractivity contribution is 5.66. The van der Waals surface area contributed by atoms with Crippen LogP contribution in [-0.4, -0.2) is 29.4 Å². The van der Waals surface area contributed by atoms with Crippen LogP contribution in [0.25, 0.3) is 11.1 Å². The molecule has 121 valence electrons. The van der Waals surface area contributed by atoms with Crippen LogP contribution in [0.3, 0.4) is 0 Å². The summed E-state index contributed by atoms with van der Waals surface area (Å²) in [6.07, 6.45) is 4.69. The van der Waals surface area contributed by atoms with Crippen molar-refractivity contribution >= 4 is 0 Å². The molecule has 0 aliphatic carbocycles. The van der Waals surface area contributed by atoms with Crippen molar-refractivity contribution in [1.29, 1.82) is 0 Å². The van der Waals surface area contributed by atoms with E-state index in [0.29, 0.717) is 18.4 Å². The minimum atomic E-state index is 0.151. The molecular weight excluding hydrogens is 290 g/mol. The van der Waals surface area contributed by atoms with Gasteiger partial charge in [-0.1, -0.05) is 18.6 Å². The summed E-state index contributed by atoms with van der Waals surface area (Å²) in [5.41, 5.74) is 1.62. The van der Waals surface area contributed by atoms with Gasteiger partial charge in [0.05, 0.1) is 6.61 Å². The summed E-state index contributed by atoms with van der Waals surface area (Å²) in [5.74, 6) is 0.909. The number of phenolic OH excluding ortho intramolecular Hbond substituents is 2. The van der Waals surface area contributed by atoms with E-state index in [9.17, 15) is 10.2 Å². The Labute approximate surface area is 136 Å². The van der Waals surface area contributed by atoms with Crippen LogP contribution in [0.5, 0.6) is 17.2 Å². The van der Waals surface area contributed by atoms with E-state index < -0.39 is 0 Å². The summed E-state index contributed by atoms with van der Waals surface area (Å²) >= 11 is 0. The lowest BCUT2D eigenvalue weighted by atomic mass is 10.0. The van der Waals surface area contributed by atoms with Gasteiger partial charge in [-0.2, -0.15) is 0 Å². The van der Waals surface area contributed by atoms with E-state index in [4.69, 9.17) is 4.74 Å². The highest BCUT2D eigenvalue weighted by atomic mass is 16.5. The van der Waals surface area contributed by atoms with Crippen molar-refractivity contribution in [2.75, 3.05) is 13.2 Å². The summed E-state index contributed by atoms with van der Waals surface area (Å²) in [6.45, 7) is 1.69. The standard InChI is InChI=1S/C19H22NO3/c21-17-6-4-14(5-7-17)15-11-18(22)13-19(12-15)23-10-8-16-3-1-2-9-20-16/h4-7,11,13,16,20-22H,1-3,8-10H2. The van der Waals surface area contributed by atoms with Gasteiger partial charge in [-0.15, -0.1) is 0 Å². The first-order valence-electron chi connectivity index (χ1n) is 8.12. The number of benzene rings is 2. The van der Waals surface area contributed by atoms with Gasteiger partial charge in [0.2, 0.25) is 0 Å². The molecule has 23 heavy (non-hydrogen) atoms. The SMILES string of the molecule is Oc1ccc(-c2[c]c(OCCC3CCCCN3)cc(O)c2)cc1. The van der Waals surface area contributed by atoms with Crippen LogP contribution < -0.4 is 10.1 Å². The Morgan fingerprint density at radius 3 is 2.65 bits per heavy atom. The lowest BCUT2D eigenvalue weighted by Crippen LogP contribution is -2.35.